The highest BCUT2D eigenvalue weighted by Gasteiger charge is 2.24. The summed E-state index contributed by atoms with van der Waals surface area (Å²) in [6.45, 7) is 0.896. The van der Waals surface area contributed by atoms with E-state index in [-0.39, 0.29) is 0 Å². The lowest BCUT2D eigenvalue weighted by Crippen LogP contribution is -2.24. The number of aromatic nitrogens is 2. The minimum Gasteiger partial charge on any atom is -0.384 e. The van der Waals surface area contributed by atoms with Crippen LogP contribution in [0, 0.1) is 0 Å². The number of benzene rings is 1. The van der Waals surface area contributed by atoms with Crippen LogP contribution in [0.2, 0.25) is 0 Å². The van der Waals surface area contributed by atoms with E-state index in [1.165, 1.54) is 17.5 Å². The van der Waals surface area contributed by atoms with Crippen molar-refractivity contribution >= 4 is 11.6 Å². The summed E-state index contributed by atoms with van der Waals surface area (Å²) < 4.78 is 0. The van der Waals surface area contributed by atoms with E-state index in [0.717, 1.165) is 18.8 Å². The quantitative estimate of drug-likeness (QED) is 0.837. The highest BCUT2D eigenvalue weighted by molar-refractivity contribution is 5.46. The highest BCUT2D eigenvalue weighted by Crippen LogP contribution is 2.34. The average Bonchev–Trinajstić information content (AvgIpc) is 2.30. The Bertz CT molecular complexity index is 538. The maximum atomic E-state index is 5.60. The molecule has 1 aliphatic carbocycles. The van der Waals surface area contributed by atoms with Crippen molar-refractivity contribution in [3.8, 4) is 0 Å². The zero-order valence-corrected chi connectivity index (χ0v) is 9.43. The molecule has 86 valence electrons. The van der Waals surface area contributed by atoms with E-state index in [2.05, 4.69) is 39.6 Å². The molecule has 0 saturated heterocycles. The Balaban J connectivity index is 1.64. The lowest BCUT2D eigenvalue weighted by atomic mass is 9.78. The van der Waals surface area contributed by atoms with E-state index in [0.29, 0.717) is 11.7 Å². The van der Waals surface area contributed by atoms with Crippen molar-refractivity contribution in [3.63, 3.8) is 0 Å². The summed E-state index contributed by atoms with van der Waals surface area (Å²) in [5.41, 5.74) is 8.50. The standard InChI is InChI=1S/C13H14N4/c14-12-6-13(17-8-16-12)15-7-10-5-9-3-1-2-4-11(9)10/h1-4,6,8,10H,5,7H2,(H3,14,15,16,17). The monoisotopic (exact) mass is 226 g/mol. The van der Waals surface area contributed by atoms with Crippen molar-refractivity contribution in [2.75, 3.05) is 17.6 Å². The van der Waals surface area contributed by atoms with Crippen LogP contribution >= 0.6 is 0 Å². The van der Waals surface area contributed by atoms with Crippen LogP contribution in [0.15, 0.2) is 36.7 Å². The number of nitrogens with zero attached hydrogens (tertiary/aromatic N) is 2. The number of nitrogen functional groups attached to an aromatic ring is 1. The normalized spacial score (nSPS) is 17.1. The van der Waals surface area contributed by atoms with Crippen LogP contribution in [0.25, 0.3) is 0 Å². The lowest BCUT2D eigenvalue weighted by Gasteiger charge is -2.30. The largest absolute Gasteiger partial charge is 0.384 e. The zero-order valence-electron chi connectivity index (χ0n) is 9.43. The summed E-state index contributed by atoms with van der Waals surface area (Å²) in [5.74, 6) is 1.88. The molecule has 1 aromatic carbocycles. The molecule has 4 nitrogen and oxygen atoms in total. The molecule has 1 atom stereocenters. The van der Waals surface area contributed by atoms with Crippen molar-refractivity contribution in [1.29, 1.82) is 0 Å². The lowest BCUT2D eigenvalue weighted by molar-refractivity contribution is 0.634. The van der Waals surface area contributed by atoms with E-state index in [9.17, 15) is 0 Å². The van der Waals surface area contributed by atoms with E-state index >= 15 is 0 Å². The predicted octanol–water partition coefficient (Wildman–Crippen LogP) is 1.81. The molecule has 0 fully saturated rings. The van der Waals surface area contributed by atoms with Crippen LogP contribution in [0.4, 0.5) is 11.6 Å². The minimum absolute atomic E-state index is 0.497. The number of nitrogens with one attached hydrogen (secondary N) is 1. The molecule has 1 aromatic heterocycles. The molecule has 0 spiro atoms. The van der Waals surface area contributed by atoms with Gasteiger partial charge in [-0.05, 0) is 17.5 Å². The Kier molecular flexibility index (Phi) is 2.40. The maximum absolute atomic E-state index is 5.60. The number of nitrogens with two attached hydrogens (primary N) is 1. The first-order valence-corrected chi connectivity index (χ1v) is 5.72. The first-order chi connectivity index (χ1) is 8.33. The molecule has 2 aromatic rings. The molecule has 1 heterocycles. The van der Waals surface area contributed by atoms with Crippen LogP contribution in [0.1, 0.15) is 17.0 Å². The second-order valence-corrected chi connectivity index (χ2v) is 4.31. The van der Waals surface area contributed by atoms with Gasteiger partial charge in [-0.3, -0.25) is 0 Å². The first kappa shape index (κ1) is 10.1. The van der Waals surface area contributed by atoms with Crippen molar-refractivity contribution < 1.29 is 0 Å². The van der Waals surface area contributed by atoms with Gasteiger partial charge in [0.1, 0.15) is 18.0 Å². The Morgan fingerprint density at radius 2 is 2.18 bits per heavy atom. The second kappa shape index (κ2) is 4.05. The van der Waals surface area contributed by atoms with Gasteiger partial charge in [0.2, 0.25) is 0 Å². The smallest absolute Gasteiger partial charge is 0.131 e. The highest BCUT2D eigenvalue weighted by atomic mass is 15.0. The number of hydrogen-bond acceptors (Lipinski definition) is 4. The minimum atomic E-state index is 0.497. The molecule has 0 bridgehead atoms. The van der Waals surface area contributed by atoms with Gasteiger partial charge in [0.05, 0.1) is 0 Å². The van der Waals surface area contributed by atoms with Gasteiger partial charge in [0, 0.05) is 18.5 Å². The number of fused-ring (bicyclic) bond motifs is 1. The fourth-order valence-electron chi connectivity index (χ4n) is 2.24. The molecule has 1 aliphatic rings. The van der Waals surface area contributed by atoms with Crippen LogP contribution in [-0.4, -0.2) is 16.5 Å². The van der Waals surface area contributed by atoms with Gasteiger partial charge in [0.15, 0.2) is 0 Å². The molecule has 0 saturated carbocycles. The van der Waals surface area contributed by atoms with E-state index in [1.807, 2.05) is 0 Å². The molecule has 0 radical (unpaired) electrons. The van der Waals surface area contributed by atoms with Crippen LogP contribution < -0.4 is 11.1 Å². The third kappa shape index (κ3) is 1.93. The summed E-state index contributed by atoms with van der Waals surface area (Å²) in [6.07, 6.45) is 2.62. The van der Waals surface area contributed by atoms with Crippen molar-refractivity contribution in [2.24, 2.45) is 0 Å². The Morgan fingerprint density at radius 3 is 3.00 bits per heavy atom. The molecular formula is C13H14N4. The zero-order chi connectivity index (χ0) is 11.7. The van der Waals surface area contributed by atoms with Crippen molar-refractivity contribution in [1.82, 2.24) is 9.97 Å². The topological polar surface area (TPSA) is 63.8 Å². The molecule has 0 amide bonds. The van der Waals surface area contributed by atoms with Gasteiger partial charge >= 0.3 is 0 Å². The van der Waals surface area contributed by atoms with Crippen LogP contribution in [0.5, 0.6) is 0 Å². The second-order valence-electron chi connectivity index (χ2n) is 4.31. The molecule has 1 unspecified atom stereocenters. The van der Waals surface area contributed by atoms with Gasteiger partial charge < -0.3 is 11.1 Å². The van der Waals surface area contributed by atoms with Gasteiger partial charge in [-0.1, -0.05) is 24.3 Å². The summed E-state index contributed by atoms with van der Waals surface area (Å²) in [4.78, 5) is 7.99. The van der Waals surface area contributed by atoms with Crippen LogP contribution in [-0.2, 0) is 6.42 Å². The van der Waals surface area contributed by atoms with E-state index in [1.54, 1.807) is 6.07 Å². The average molecular weight is 226 g/mol. The Morgan fingerprint density at radius 1 is 1.29 bits per heavy atom. The molecule has 3 rings (SSSR count). The van der Waals surface area contributed by atoms with Crippen molar-refractivity contribution in [3.05, 3.63) is 47.8 Å². The molecular weight excluding hydrogens is 212 g/mol. The SMILES string of the molecule is Nc1cc(NCC2Cc3ccccc32)ncn1. The molecule has 0 aliphatic heterocycles. The predicted molar refractivity (Wildman–Crippen MR) is 67.8 cm³/mol. The van der Waals surface area contributed by atoms with Crippen LogP contribution in [0.3, 0.4) is 0 Å². The number of anilines is 2. The summed E-state index contributed by atoms with van der Waals surface area (Å²) in [7, 11) is 0. The van der Waals surface area contributed by atoms with E-state index < -0.39 is 0 Å². The third-order valence-electron chi connectivity index (χ3n) is 3.18. The van der Waals surface area contributed by atoms with Gasteiger partial charge in [-0.25, -0.2) is 9.97 Å². The number of rotatable bonds is 3. The van der Waals surface area contributed by atoms with Gasteiger partial charge in [-0.2, -0.15) is 0 Å². The maximum Gasteiger partial charge on any atom is 0.131 e. The summed E-state index contributed by atoms with van der Waals surface area (Å²) in [6, 6.07) is 10.3. The molecule has 17 heavy (non-hydrogen) atoms. The van der Waals surface area contributed by atoms with Gasteiger partial charge in [0.25, 0.3) is 0 Å². The first-order valence-electron chi connectivity index (χ1n) is 5.72. The van der Waals surface area contributed by atoms with Crippen molar-refractivity contribution in [2.45, 2.75) is 12.3 Å². The fourth-order valence-corrected chi connectivity index (χ4v) is 2.24. The number of hydrogen-bond donors (Lipinski definition) is 2. The molecule has 4 heteroatoms. The Labute approximate surface area is 99.9 Å². The summed E-state index contributed by atoms with van der Waals surface area (Å²) in [5, 5.41) is 3.30. The fraction of sp³-hybridized carbons (Fsp3) is 0.231. The van der Waals surface area contributed by atoms with Gasteiger partial charge in [-0.15, -0.1) is 0 Å². The third-order valence-corrected chi connectivity index (χ3v) is 3.18. The summed E-state index contributed by atoms with van der Waals surface area (Å²) >= 11 is 0. The van der Waals surface area contributed by atoms with E-state index in [4.69, 9.17) is 5.73 Å². The Hall–Kier alpha value is -2.10. The molecule has 3 N–H and O–H groups in total.